The Bertz CT molecular complexity index is 148. The summed E-state index contributed by atoms with van der Waals surface area (Å²) < 4.78 is 12.6. The van der Waals surface area contributed by atoms with E-state index < -0.39 is 6.17 Å². The molecule has 2 nitrogen and oxygen atoms in total. The maximum atomic E-state index is 12.6. The third kappa shape index (κ3) is 7.01. The standard InChI is InChI=1S/C11H23FN2/c1-4-11(6-5-10(3)12)14-8-9(2)7-13/h7,9-11,13-14H,4-6,8H2,1-3H3. The van der Waals surface area contributed by atoms with Gasteiger partial charge in [-0.25, -0.2) is 4.39 Å². The zero-order chi connectivity index (χ0) is 11.0. The van der Waals surface area contributed by atoms with Crippen molar-refractivity contribution in [2.24, 2.45) is 5.92 Å². The molecular weight excluding hydrogens is 179 g/mol. The second-order valence-corrected chi connectivity index (χ2v) is 4.02. The van der Waals surface area contributed by atoms with Gasteiger partial charge < -0.3 is 10.7 Å². The van der Waals surface area contributed by atoms with Gasteiger partial charge in [-0.05, 0) is 32.4 Å². The van der Waals surface area contributed by atoms with Gasteiger partial charge in [-0.3, -0.25) is 0 Å². The molecule has 0 bridgehead atoms. The smallest absolute Gasteiger partial charge is 0.0974 e. The Morgan fingerprint density at radius 2 is 2.00 bits per heavy atom. The van der Waals surface area contributed by atoms with E-state index >= 15 is 0 Å². The molecule has 3 heteroatoms. The fourth-order valence-corrected chi connectivity index (χ4v) is 1.29. The molecule has 0 aromatic heterocycles. The summed E-state index contributed by atoms with van der Waals surface area (Å²) in [5.41, 5.74) is 0. The van der Waals surface area contributed by atoms with Crippen molar-refractivity contribution in [2.45, 2.75) is 52.2 Å². The summed E-state index contributed by atoms with van der Waals surface area (Å²) in [5.74, 6) is 0.270. The minimum atomic E-state index is -0.703. The highest BCUT2D eigenvalue weighted by atomic mass is 19.1. The molecule has 0 radical (unpaired) electrons. The van der Waals surface area contributed by atoms with Gasteiger partial charge in [-0.1, -0.05) is 13.8 Å². The summed E-state index contributed by atoms with van der Waals surface area (Å²) in [6.07, 6.45) is 3.28. The predicted molar refractivity (Wildman–Crippen MR) is 59.8 cm³/mol. The molecule has 0 aliphatic carbocycles. The maximum Gasteiger partial charge on any atom is 0.0974 e. The van der Waals surface area contributed by atoms with Crippen LogP contribution in [0.3, 0.4) is 0 Å². The molecule has 0 aromatic carbocycles. The van der Waals surface area contributed by atoms with E-state index in [4.69, 9.17) is 5.41 Å². The van der Waals surface area contributed by atoms with Crippen LogP contribution in [0.1, 0.15) is 40.0 Å². The summed E-state index contributed by atoms with van der Waals surface area (Å²) in [4.78, 5) is 0. The Morgan fingerprint density at radius 3 is 2.43 bits per heavy atom. The molecule has 0 saturated carbocycles. The lowest BCUT2D eigenvalue weighted by Crippen LogP contribution is -2.33. The first-order valence-electron chi connectivity index (χ1n) is 5.48. The van der Waals surface area contributed by atoms with Gasteiger partial charge in [0.05, 0.1) is 6.17 Å². The highest BCUT2D eigenvalue weighted by molar-refractivity contribution is 5.56. The molecule has 0 amide bonds. The minimum Gasteiger partial charge on any atom is -0.313 e. The van der Waals surface area contributed by atoms with Crippen molar-refractivity contribution in [3.05, 3.63) is 0 Å². The fourth-order valence-electron chi connectivity index (χ4n) is 1.29. The van der Waals surface area contributed by atoms with Gasteiger partial charge in [0, 0.05) is 18.5 Å². The van der Waals surface area contributed by atoms with Crippen molar-refractivity contribution in [2.75, 3.05) is 6.54 Å². The molecule has 3 atom stereocenters. The molecule has 0 heterocycles. The van der Waals surface area contributed by atoms with E-state index in [9.17, 15) is 4.39 Å². The van der Waals surface area contributed by atoms with E-state index in [1.807, 2.05) is 6.92 Å². The first-order valence-corrected chi connectivity index (χ1v) is 5.48. The van der Waals surface area contributed by atoms with Crippen LogP contribution in [0.15, 0.2) is 0 Å². The highest BCUT2D eigenvalue weighted by Gasteiger charge is 2.08. The van der Waals surface area contributed by atoms with Crippen LogP contribution in [0.2, 0.25) is 0 Å². The molecule has 0 rings (SSSR count). The normalized spacial score (nSPS) is 17.4. The fraction of sp³-hybridized carbons (Fsp3) is 0.909. The van der Waals surface area contributed by atoms with Crippen molar-refractivity contribution in [3.63, 3.8) is 0 Å². The molecule has 2 N–H and O–H groups in total. The zero-order valence-electron chi connectivity index (χ0n) is 9.52. The third-order valence-electron chi connectivity index (χ3n) is 2.42. The summed E-state index contributed by atoms with van der Waals surface area (Å²) in [6, 6.07) is 0.399. The van der Waals surface area contributed by atoms with Crippen LogP contribution in [0.5, 0.6) is 0 Å². The van der Waals surface area contributed by atoms with Crippen LogP contribution in [0.4, 0.5) is 4.39 Å². The molecule has 0 aromatic rings. The number of alkyl halides is 1. The van der Waals surface area contributed by atoms with Gasteiger partial charge in [-0.15, -0.1) is 0 Å². The summed E-state index contributed by atoms with van der Waals surface area (Å²) >= 11 is 0. The third-order valence-corrected chi connectivity index (χ3v) is 2.42. The van der Waals surface area contributed by atoms with Gasteiger partial charge in [0.15, 0.2) is 0 Å². The maximum absolute atomic E-state index is 12.6. The molecule has 84 valence electrons. The van der Waals surface area contributed by atoms with Crippen LogP contribution in [0.25, 0.3) is 0 Å². The van der Waals surface area contributed by atoms with Crippen LogP contribution in [-0.4, -0.2) is 25.0 Å². The number of rotatable bonds is 8. The Balaban J connectivity index is 3.62. The van der Waals surface area contributed by atoms with Crippen LogP contribution in [-0.2, 0) is 0 Å². The molecular formula is C11H23FN2. The zero-order valence-corrected chi connectivity index (χ0v) is 9.52. The lowest BCUT2D eigenvalue weighted by molar-refractivity contribution is 0.310. The van der Waals surface area contributed by atoms with E-state index in [1.54, 1.807) is 6.92 Å². The Morgan fingerprint density at radius 1 is 1.36 bits per heavy atom. The van der Waals surface area contributed by atoms with Crippen LogP contribution >= 0.6 is 0 Å². The Hall–Kier alpha value is -0.440. The van der Waals surface area contributed by atoms with E-state index in [0.717, 1.165) is 19.4 Å². The average Bonchev–Trinajstić information content (AvgIpc) is 2.17. The van der Waals surface area contributed by atoms with E-state index in [2.05, 4.69) is 12.2 Å². The lowest BCUT2D eigenvalue weighted by Gasteiger charge is -2.18. The monoisotopic (exact) mass is 202 g/mol. The van der Waals surface area contributed by atoms with E-state index in [1.165, 1.54) is 6.21 Å². The van der Waals surface area contributed by atoms with Crippen molar-refractivity contribution in [1.82, 2.24) is 5.32 Å². The molecule has 0 fully saturated rings. The minimum absolute atomic E-state index is 0.270. The first-order chi connectivity index (χ1) is 6.60. The predicted octanol–water partition coefficient (Wildman–Crippen LogP) is 2.78. The summed E-state index contributed by atoms with van der Waals surface area (Å²) in [5, 5.41) is 10.4. The van der Waals surface area contributed by atoms with Crippen LogP contribution < -0.4 is 5.32 Å². The van der Waals surface area contributed by atoms with Gasteiger partial charge >= 0.3 is 0 Å². The lowest BCUT2D eigenvalue weighted by atomic mass is 10.1. The van der Waals surface area contributed by atoms with E-state index in [-0.39, 0.29) is 5.92 Å². The SMILES string of the molecule is CCC(CCC(C)F)NCC(C)C=N. The molecule has 0 spiro atoms. The van der Waals surface area contributed by atoms with Crippen molar-refractivity contribution >= 4 is 6.21 Å². The number of hydrogen-bond acceptors (Lipinski definition) is 2. The molecule has 14 heavy (non-hydrogen) atoms. The van der Waals surface area contributed by atoms with E-state index in [0.29, 0.717) is 12.5 Å². The summed E-state index contributed by atoms with van der Waals surface area (Å²) in [7, 11) is 0. The Kier molecular flexibility index (Phi) is 7.67. The van der Waals surface area contributed by atoms with Crippen molar-refractivity contribution < 1.29 is 4.39 Å². The highest BCUT2D eigenvalue weighted by Crippen LogP contribution is 2.07. The average molecular weight is 202 g/mol. The van der Waals surface area contributed by atoms with Gasteiger partial charge in [0.2, 0.25) is 0 Å². The second-order valence-electron chi connectivity index (χ2n) is 4.02. The van der Waals surface area contributed by atoms with Crippen molar-refractivity contribution in [1.29, 1.82) is 5.41 Å². The first kappa shape index (κ1) is 13.6. The van der Waals surface area contributed by atoms with Gasteiger partial charge in [0.1, 0.15) is 0 Å². The summed E-state index contributed by atoms with van der Waals surface area (Å²) in [6.45, 7) is 6.54. The van der Waals surface area contributed by atoms with Crippen LogP contribution in [0, 0.1) is 11.3 Å². The Labute approximate surface area is 86.8 Å². The second kappa shape index (κ2) is 7.92. The number of hydrogen-bond donors (Lipinski definition) is 2. The molecule has 3 unspecified atom stereocenters. The van der Waals surface area contributed by atoms with Gasteiger partial charge in [-0.2, -0.15) is 0 Å². The molecule has 0 aliphatic rings. The van der Waals surface area contributed by atoms with Crippen molar-refractivity contribution in [3.8, 4) is 0 Å². The van der Waals surface area contributed by atoms with Gasteiger partial charge in [0.25, 0.3) is 0 Å². The molecule has 0 saturated heterocycles. The largest absolute Gasteiger partial charge is 0.313 e. The number of halogens is 1. The quantitative estimate of drug-likeness (QED) is 0.583. The number of nitrogens with one attached hydrogen (secondary N) is 2. The topological polar surface area (TPSA) is 35.9 Å². The molecule has 0 aliphatic heterocycles.